The molecule has 18 heteroatoms. The Bertz CT molecular complexity index is 2590. The molecule has 298 valence electrons. The van der Waals surface area contributed by atoms with Gasteiger partial charge in [-0.25, -0.2) is 9.97 Å². The van der Waals surface area contributed by atoms with Crippen LogP contribution in [0.3, 0.4) is 0 Å². The zero-order valence-corrected chi connectivity index (χ0v) is 31.8. The summed E-state index contributed by atoms with van der Waals surface area (Å²) in [4.78, 5) is 58.4. The van der Waals surface area contributed by atoms with Crippen molar-refractivity contribution < 1.29 is 32.2 Å². The van der Waals surface area contributed by atoms with Crippen molar-refractivity contribution >= 4 is 40.6 Å². The van der Waals surface area contributed by atoms with Gasteiger partial charge in [0, 0.05) is 38.2 Å². The Morgan fingerprint density at radius 1 is 1.02 bits per heavy atom. The maximum Gasteiger partial charge on any atom is 0.416 e. The molecule has 0 aliphatic carbocycles. The number of piperazine rings is 1. The van der Waals surface area contributed by atoms with Crippen LogP contribution in [0.2, 0.25) is 5.02 Å². The Balaban J connectivity index is 1.10. The first-order valence-corrected chi connectivity index (χ1v) is 18.8. The molecule has 3 aromatic carbocycles. The van der Waals surface area contributed by atoms with E-state index >= 15 is 0 Å². The van der Waals surface area contributed by atoms with Gasteiger partial charge in [0.1, 0.15) is 30.9 Å². The molecule has 0 spiro atoms. The molecule has 0 unspecified atom stereocenters. The van der Waals surface area contributed by atoms with Crippen molar-refractivity contribution in [3.63, 3.8) is 0 Å². The highest BCUT2D eigenvalue weighted by atomic mass is 35.5. The predicted molar refractivity (Wildman–Crippen MR) is 207 cm³/mol. The van der Waals surface area contributed by atoms with Crippen LogP contribution in [-0.4, -0.2) is 78.6 Å². The monoisotopic (exact) mass is 813 g/mol. The summed E-state index contributed by atoms with van der Waals surface area (Å²) >= 11 is 6.17. The minimum absolute atomic E-state index is 0.0179. The van der Waals surface area contributed by atoms with E-state index in [1.165, 1.54) is 12.5 Å². The van der Waals surface area contributed by atoms with E-state index in [0.717, 1.165) is 39.6 Å². The summed E-state index contributed by atoms with van der Waals surface area (Å²) in [6, 6.07) is 17.7. The molecule has 2 aliphatic rings. The van der Waals surface area contributed by atoms with Gasteiger partial charge in [0.2, 0.25) is 11.7 Å². The van der Waals surface area contributed by atoms with Crippen molar-refractivity contribution in [1.29, 1.82) is 0 Å². The third kappa shape index (κ3) is 7.64. The molecule has 1 N–H and O–H groups in total. The van der Waals surface area contributed by atoms with Crippen molar-refractivity contribution in [3.05, 3.63) is 123 Å². The fourth-order valence-corrected chi connectivity index (χ4v) is 7.33. The van der Waals surface area contributed by atoms with Gasteiger partial charge in [0.05, 0.1) is 34.8 Å². The SMILES string of the molecule is CCc1c(N2CCN(C(=O)c3ncncc3OCc3ccccc3)CC2)c(=O)n2nc(-c3ccc4c(c3)CCO4)nc2n1CC(=O)Nc1ccc(C(F)(F)F)cc1Cl. The molecule has 14 nitrogen and oxygen atoms in total. The lowest BCUT2D eigenvalue weighted by Gasteiger charge is -2.36. The second-order valence-corrected chi connectivity index (χ2v) is 14.0. The van der Waals surface area contributed by atoms with Crippen LogP contribution < -0.4 is 25.2 Å². The van der Waals surface area contributed by atoms with Crippen LogP contribution in [0, 0.1) is 0 Å². The molecular weight excluding hydrogens is 779 g/mol. The van der Waals surface area contributed by atoms with Crippen molar-refractivity contribution in [3.8, 4) is 22.9 Å². The first kappa shape index (κ1) is 38.4. The van der Waals surface area contributed by atoms with Crippen molar-refractivity contribution in [2.75, 3.05) is 43.0 Å². The summed E-state index contributed by atoms with van der Waals surface area (Å²) in [5, 5.41) is 6.93. The molecule has 0 atom stereocenters. The van der Waals surface area contributed by atoms with E-state index in [1.807, 2.05) is 54.3 Å². The highest BCUT2D eigenvalue weighted by Gasteiger charge is 2.32. The van der Waals surface area contributed by atoms with Crippen LogP contribution in [0.15, 0.2) is 84.0 Å². The predicted octanol–water partition coefficient (Wildman–Crippen LogP) is 5.70. The van der Waals surface area contributed by atoms with Crippen molar-refractivity contribution in [2.24, 2.45) is 0 Å². The van der Waals surface area contributed by atoms with Gasteiger partial charge < -0.3 is 29.2 Å². The molecule has 2 aliphatic heterocycles. The van der Waals surface area contributed by atoms with Gasteiger partial charge in [-0.05, 0) is 53.9 Å². The number of hydrogen-bond acceptors (Lipinski definition) is 10. The molecule has 0 saturated carbocycles. The number of carbonyl (C=O) groups is 2. The van der Waals surface area contributed by atoms with Gasteiger partial charge in [-0.15, -0.1) is 5.10 Å². The van der Waals surface area contributed by atoms with Gasteiger partial charge in [0.25, 0.3) is 11.5 Å². The molecule has 3 aromatic heterocycles. The maximum absolute atomic E-state index is 14.5. The van der Waals surface area contributed by atoms with E-state index in [1.54, 1.807) is 15.5 Å². The Hall–Kier alpha value is -6.49. The van der Waals surface area contributed by atoms with Gasteiger partial charge in [-0.2, -0.15) is 22.7 Å². The number of carbonyl (C=O) groups excluding carboxylic acids is 2. The smallest absolute Gasteiger partial charge is 0.416 e. The van der Waals surface area contributed by atoms with Gasteiger partial charge in [-0.1, -0.05) is 48.9 Å². The summed E-state index contributed by atoms with van der Waals surface area (Å²) < 4.78 is 54.2. The molecule has 0 bridgehead atoms. The lowest BCUT2D eigenvalue weighted by molar-refractivity contribution is -0.137. The molecule has 5 heterocycles. The van der Waals surface area contributed by atoms with Crippen LogP contribution >= 0.6 is 11.6 Å². The number of ether oxygens (including phenoxy) is 2. The average molecular weight is 814 g/mol. The number of rotatable bonds is 10. The number of halogens is 4. The molecule has 2 amide bonds. The largest absolute Gasteiger partial charge is 0.493 e. The topological polar surface area (TPSA) is 149 Å². The first-order valence-electron chi connectivity index (χ1n) is 18.4. The summed E-state index contributed by atoms with van der Waals surface area (Å²) in [7, 11) is 0. The van der Waals surface area contributed by atoms with Gasteiger partial charge in [-0.3, -0.25) is 14.4 Å². The Morgan fingerprint density at radius 2 is 1.81 bits per heavy atom. The van der Waals surface area contributed by atoms with Crippen LogP contribution in [-0.2, 0) is 37.0 Å². The Labute approximate surface area is 333 Å². The fourth-order valence-electron chi connectivity index (χ4n) is 7.10. The lowest BCUT2D eigenvalue weighted by atomic mass is 10.1. The third-order valence-electron chi connectivity index (χ3n) is 9.98. The van der Waals surface area contributed by atoms with Crippen LogP contribution in [0.1, 0.15) is 39.8 Å². The van der Waals surface area contributed by atoms with E-state index in [-0.39, 0.29) is 91.1 Å². The zero-order valence-electron chi connectivity index (χ0n) is 31.0. The highest BCUT2D eigenvalue weighted by Crippen LogP contribution is 2.34. The molecule has 1 saturated heterocycles. The standard InChI is InChI=1S/C40H35ClF3N9O5/c1-2-30-35(50-13-15-51(16-14-50)37(55)34-32(20-45-23-46-34)58-22-24-6-4-3-5-7-24)38(56)53-39(48-36(49-53)26-8-11-31-25(18-26)12-17-57-31)52(30)21-33(54)47-29-10-9-27(19-28(29)41)40(42,43)44/h3-11,18-20,23H,2,12-17,21-22H2,1H3,(H,47,54). The third-order valence-corrected chi connectivity index (χ3v) is 10.3. The molecule has 8 rings (SSSR count). The quantitative estimate of drug-likeness (QED) is 0.183. The maximum atomic E-state index is 14.5. The summed E-state index contributed by atoms with van der Waals surface area (Å²) in [5.41, 5.74) is 1.94. The van der Waals surface area contributed by atoms with E-state index < -0.39 is 23.2 Å². The van der Waals surface area contributed by atoms with E-state index in [2.05, 4.69) is 20.4 Å². The Kier molecular flexibility index (Phi) is 10.5. The second-order valence-electron chi connectivity index (χ2n) is 13.6. The first-order chi connectivity index (χ1) is 28.0. The minimum atomic E-state index is -4.62. The molecular formula is C40H35ClF3N9O5. The number of anilines is 2. The minimum Gasteiger partial charge on any atom is -0.493 e. The summed E-state index contributed by atoms with van der Waals surface area (Å²) in [5.74, 6) is 0.359. The second kappa shape index (κ2) is 15.8. The number of hydrogen-bond donors (Lipinski definition) is 1. The average Bonchev–Trinajstić information content (AvgIpc) is 3.90. The molecule has 1 fully saturated rings. The van der Waals surface area contributed by atoms with E-state index in [0.29, 0.717) is 24.3 Å². The molecule has 6 aromatic rings. The van der Waals surface area contributed by atoms with Gasteiger partial charge >= 0.3 is 6.18 Å². The number of alkyl halides is 3. The molecule has 58 heavy (non-hydrogen) atoms. The van der Waals surface area contributed by atoms with Crippen molar-refractivity contribution in [1.82, 2.24) is 34.0 Å². The zero-order chi connectivity index (χ0) is 40.6. The fraction of sp³-hybridized carbons (Fsp3) is 0.275. The normalized spacial score (nSPS) is 14.0. The van der Waals surface area contributed by atoms with Crippen LogP contribution in [0.5, 0.6) is 11.5 Å². The van der Waals surface area contributed by atoms with Crippen LogP contribution in [0.25, 0.3) is 17.2 Å². The highest BCUT2D eigenvalue weighted by molar-refractivity contribution is 6.33. The van der Waals surface area contributed by atoms with Gasteiger partial charge in [0.15, 0.2) is 17.3 Å². The number of fused-ring (bicyclic) bond motifs is 2. The number of nitrogens with zero attached hydrogens (tertiary/aromatic N) is 8. The number of benzene rings is 3. The number of amides is 2. The molecule has 0 radical (unpaired) electrons. The van der Waals surface area contributed by atoms with Crippen molar-refractivity contribution in [2.45, 2.75) is 39.1 Å². The van der Waals surface area contributed by atoms with E-state index in [4.69, 9.17) is 26.1 Å². The Morgan fingerprint density at radius 3 is 2.55 bits per heavy atom. The van der Waals surface area contributed by atoms with Crippen LogP contribution in [0.4, 0.5) is 24.5 Å². The number of nitrogens with one attached hydrogen (secondary N) is 1. The number of aromatic nitrogens is 6. The lowest BCUT2D eigenvalue weighted by Crippen LogP contribution is -2.51. The van der Waals surface area contributed by atoms with E-state index in [9.17, 15) is 27.6 Å². The summed E-state index contributed by atoms with van der Waals surface area (Å²) in [6.07, 6.45) is -0.889. The summed E-state index contributed by atoms with van der Waals surface area (Å²) in [6.45, 7) is 3.18.